The molecule has 0 aromatic rings. The molecule has 0 heterocycles. The van der Waals surface area contributed by atoms with Gasteiger partial charge in [-0.05, 0) is 26.2 Å². The summed E-state index contributed by atoms with van der Waals surface area (Å²) in [6.45, 7) is 11.3. The lowest BCUT2D eigenvalue weighted by Crippen LogP contribution is -2.43. The van der Waals surface area contributed by atoms with E-state index in [-0.39, 0.29) is 18.4 Å². The van der Waals surface area contributed by atoms with Crippen LogP contribution in [0.25, 0.3) is 0 Å². The van der Waals surface area contributed by atoms with Crippen molar-refractivity contribution in [3.63, 3.8) is 0 Å². The second kappa shape index (κ2) is 7.19. The third kappa shape index (κ3) is 4.51. The number of carboxylic acids is 1. The molecule has 0 fully saturated rings. The normalized spacial score (nSPS) is 12.9. The summed E-state index contributed by atoms with van der Waals surface area (Å²) in [6, 6.07) is 0. The summed E-state index contributed by atoms with van der Waals surface area (Å²) in [6.07, 6.45) is 1.64. The summed E-state index contributed by atoms with van der Waals surface area (Å²) < 4.78 is 0. The van der Waals surface area contributed by atoms with Gasteiger partial charge in [0.2, 0.25) is 5.91 Å². The molecule has 0 rings (SSSR count). The molecule has 0 aliphatic heterocycles. The van der Waals surface area contributed by atoms with Crippen LogP contribution in [0.2, 0.25) is 0 Å². The maximum absolute atomic E-state index is 11.8. The predicted octanol–water partition coefficient (Wildman–Crippen LogP) is 2.60. The lowest BCUT2D eigenvalue weighted by Gasteiger charge is -2.27. The fourth-order valence-electron chi connectivity index (χ4n) is 1.92. The van der Waals surface area contributed by atoms with Gasteiger partial charge < -0.3 is 10.4 Å². The summed E-state index contributed by atoms with van der Waals surface area (Å²) in [7, 11) is 0. The van der Waals surface area contributed by atoms with Crippen molar-refractivity contribution in [1.29, 1.82) is 0 Å². The number of carbonyl (C=O) groups is 2. The van der Waals surface area contributed by atoms with Crippen LogP contribution in [0.5, 0.6) is 0 Å². The number of aliphatic carboxylic acids is 1. The lowest BCUT2D eigenvalue weighted by atomic mass is 9.82. The van der Waals surface area contributed by atoms with E-state index in [9.17, 15) is 14.7 Å². The summed E-state index contributed by atoms with van der Waals surface area (Å²) in [5.41, 5.74) is 0.103. The Balaban J connectivity index is 4.49. The second-order valence-corrected chi connectivity index (χ2v) is 5.07. The summed E-state index contributed by atoms with van der Waals surface area (Å²) >= 11 is 0. The highest BCUT2D eigenvalue weighted by molar-refractivity contribution is 5.80. The first-order chi connectivity index (χ1) is 8.29. The smallest absolute Gasteiger partial charge is 0.311 e. The molecule has 1 amide bonds. The average molecular weight is 255 g/mol. The number of amides is 1. The molecule has 1 unspecified atom stereocenters. The molecule has 104 valence electrons. The van der Waals surface area contributed by atoms with Crippen LogP contribution in [-0.4, -0.2) is 23.5 Å². The highest BCUT2D eigenvalue weighted by atomic mass is 16.4. The van der Waals surface area contributed by atoms with Gasteiger partial charge in [-0.25, -0.2) is 0 Å². The summed E-state index contributed by atoms with van der Waals surface area (Å²) in [5.74, 6) is -1.12. The van der Waals surface area contributed by atoms with Gasteiger partial charge in [0.1, 0.15) is 0 Å². The van der Waals surface area contributed by atoms with Gasteiger partial charge in [-0.15, -0.1) is 6.58 Å². The molecule has 0 aliphatic carbocycles. The molecule has 1 atom stereocenters. The first kappa shape index (κ1) is 16.7. The fraction of sp³-hybridized carbons (Fsp3) is 0.714. The minimum Gasteiger partial charge on any atom is -0.481 e. The quantitative estimate of drug-likeness (QED) is 0.655. The Bertz CT molecular complexity index is 319. The van der Waals surface area contributed by atoms with Crippen molar-refractivity contribution in [2.45, 2.75) is 47.0 Å². The third-order valence-corrected chi connectivity index (χ3v) is 3.51. The number of hydrogen-bond acceptors (Lipinski definition) is 2. The van der Waals surface area contributed by atoms with Gasteiger partial charge in [-0.2, -0.15) is 0 Å². The van der Waals surface area contributed by atoms with E-state index in [1.54, 1.807) is 0 Å². The molecule has 18 heavy (non-hydrogen) atoms. The second-order valence-electron chi connectivity index (χ2n) is 5.07. The van der Waals surface area contributed by atoms with Crippen LogP contribution in [0.15, 0.2) is 12.2 Å². The van der Waals surface area contributed by atoms with Gasteiger partial charge in [0.15, 0.2) is 0 Å². The molecule has 0 aliphatic rings. The van der Waals surface area contributed by atoms with Crippen molar-refractivity contribution in [2.75, 3.05) is 6.54 Å². The zero-order valence-electron chi connectivity index (χ0n) is 11.9. The molecule has 0 spiro atoms. The zero-order chi connectivity index (χ0) is 14.3. The number of nitrogens with one attached hydrogen (secondary N) is 1. The molecule has 4 nitrogen and oxygen atoms in total. The molecule has 0 saturated heterocycles. The van der Waals surface area contributed by atoms with Crippen LogP contribution in [0, 0.1) is 11.3 Å². The number of carboxylic acid groups (broad SMARTS) is 1. The van der Waals surface area contributed by atoms with Gasteiger partial charge >= 0.3 is 5.97 Å². The monoisotopic (exact) mass is 255 g/mol. The SMILES string of the molecule is C=C(C)CC(C)C(=O)NCC(CC)(CC)C(=O)O. The molecular formula is C14H25NO3. The molecular weight excluding hydrogens is 230 g/mol. The number of carbonyl (C=O) groups excluding carboxylic acids is 1. The van der Waals surface area contributed by atoms with Crippen LogP contribution in [-0.2, 0) is 9.59 Å². The first-order valence-corrected chi connectivity index (χ1v) is 6.44. The van der Waals surface area contributed by atoms with Crippen LogP contribution in [0.3, 0.4) is 0 Å². The lowest BCUT2D eigenvalue weighted by molar-refractivity contribution is -0.149. The Labute approximate surface area is 109 Å². The minimum atomic E-state index is -0.849. The van der Waals surface area contributed by atoms with E-state index in [0.29, 0.717) is 19.3 Å². The molecule has 2 N–H and O–H groups in total. The van der Waals surface area contributed by atoms with Crippen molar-refractivity contribution >= 4 is 11.9 Å². The summed E-state index contributed by atoms with van der Waals surface area (Å²) in [5, 5.41) is 12.0. The van der Waals surface area contributed by atoms with E-state index in [2.05, 4.69) is 11.9 Å². The van der Waals surface area contributed by atoms with Crippen molar-refractivity contribution in [1.82, 2.24) is 5.32 Å². The van der Waals surface area contributed by atoms with Crippen molar-refractivity contribution in [3.8, 4) is 0 Å². The van der Waals surface area contributed by atoms with E-state index < -0.39 is 11.4 Å². The number of rotatable bonds is 8. The van der Waals surface area contributed by atoms with E-state index in [1.165, 1.54) is 0 Å². The van der Waals surface area contributed by atoms with Gasteiger partial charge in [-0.3, -0.25) is 9.59 Å². The number of allylic oxidation sites excluding steroid dienone is 1. The first-order valence-electron chi connectivity index (χ1n) is 6.44. The van der Waals surface area contributed by atoms with E-state index in [0.717, 1.165) is 5.57 Å². The van der Waals surface area contributed by atoms with Gasteiger partial charge in [0.05, 0.1) is 5.41 Å². The van der Waals surface area contributed by atoms with E-state index in [4.69, 9.17) is 0 Å². The van der Waals surface area contributed by atoms with Crippen LogP contribution < -0.4 is 5.32 Å². The Kier molecular flexibility index (Phi) is 6.66. The van der Waals surface area contributed by atoms with Crippen LogP contribution >= 0.6 is 0 Å². The summed E-state index contributed by atoms with van der Waals surface area (Å²) in [4.78, 5) is 23.1. The maximum Gasteiger partial charge on any atom is 0.311 e. The fourth-order valence-corrected chi connectivity index (χ4v) is 1.92. The Morgan fingerprint density at radius 1 is 1.33 bits per heavy atom. The standard InChI is InChI=1S/C14H25NO3/c1-6-14(7-2,13(17)18)9-15-12(16)11(5)8-10(3)4/h11H,3,6-9H2,1-2,4-5H3,(H,15,16)(H,17,18). The van der Waals surface area contributed by atoms with Gasteiger partial charge in [0, 0.05) is 12.5 Å². The highest BCUT2D eigenvalue weighted by Gasteiger charge is 2.35. The number of hydrogen-bond donors (Lipinski definition) is 2. The average Bonchev–Trinajstić information content (AvgIpc) is 2.29. The zero-order valence-corrected chi connectivity index (χ0v) is 11.9. The minimum absolute atomic E-state index is 0.106. The van der Waals surface area contributed by atoms with Crippen molar-refractivity contribution in [3.05, 3.63) is 12.2 Å². The van der Waals surface area contributed by atoms with Gasteiger partial charge in [-0.1, -0.05) is 26.3 Å². The third-order valence-electron chi connectivity index (χ3n) is 3.51. The van der Waals surface area contributed by atoms with E-state index >= 15 is 0 Å². The molecule has 0 bridgehead atoms. The topological polar surface area (TPSA) is 66.4 Å². The van der Waals surface area contributed by atoms with Crippen LogP contribution in [0.4, 0.5) is 0 Å². The molecule has 0 radical (unpaired) electrons. The molecule has 0 aromatic heterocycles. The van der Waals surface area contributed by atoms with Crippen molar-refractivity contribution < 1.29 is 14.7 Å². The molecule has 4 heteroatoms. The maximum atomic E-state index is 11.8. The highest BCUT2D eigenvalue weighted by Crippen LogP contribution is 2.25. The van der Waals surface area contributed by atoms with Crippen molar-refractivity contribution in [2.24, 2.45) is 11.3 Å². The van der Waals surface area contributed by atoms with Crippen LogP contribution in [0.1, 0.15) is 47.0 Å². The Hall–Kier alpha value is -1.32. The molecule has 0 saturated carbocycles. The Morgan fingerprint density at radius 3 is 2.17 bits per heavy atom. The largest absolute Gasteiger partial charge is 0.481 e. The van der Waals surface area contributed by atoms with Gasteiger partial charge in [0.25, 0.3) is 0 Å². The Morgan fingerprint density at radius 2 is 1.83 bits per heavy atom. The molecule has 0 aromatic carbocycles. The van der Waals surface area contributed by atoms with E-state index in [1.807, 2.05) is 27.7 Å². The predicted molar refractivity (Wildman–Crippen MR) is 72.3 cm³/mol.